The van der Waals surface area contributed by atoms with Crippen LogP contribution in [0.4, 0.5) is 0 Å². The van der Waals surface area contributed by atoms with Crippen LogP contribution in [-0.2, 0) is 18.3 Å². The van der Waals surface area contributed by atoms with E-state index in [1.54, 1.807) is 0 Å². The van der Waals surface area contributed by atoms with Crippen molar-refractivity contribution in [1.29, 1.82) is 0 Å². The quantitative estimate of drug-likeness (QED) is 0.844. The molecule has 0 amide bonds. The van der Waals surface area contributed by atoms with Gasteiger partial charge in [0.1, 0.15) is 0 Å². The van der Waals surface area contributed by atoms with E-state index < -0.39 is 0 Å². The summed E-state index contributed by atoms with van der Waals surface area (Å²) in [4.78, 5) is 0. The number of nitrogens with one attached hydrogen (secondary N) is 1. The fourth-order valence-electron chi connectivity index (χ4n) is 1.72. The lowest BCUT2D eigenvalue weighted by atomic mass is 10.2. The molecule has 1 atom stereocenters. The highest BCUT2D eigenvalue weighted by molar-refractivity contribution is 5.85. The highest BCUT2D eigenvalue weighted by atomic mass is 35.5. The summed E-state index contributed by atoms with van der Waals surface area (Å²) in [5, 5.41) is 7.64. The Labute approximate surface area is 96.4 Å². The lowest BCUT2D eigenvalue weighted by Crippen LogP contribution is -2.25. The van der Waals surface area contributed by atoms with Gasteiger partial charge >= 0.3 is 0 Å². The van der Waals surface area contributed by atoms with E-state index in [2.05, 4.69) is 10.4 Å². The zero-order valence-electron chi connectivity index (χ0n) is 8.98. The van der Waals surface area contributed by atoms with Crippen molar-refractivity contribution in [3.05, 3.63) is 18.0 Å². The fourth-order valence-corrected chi connectivity index (χ4v) is 1.72. The fraction of sp³-hybridized carbons (Fsp3) is 0.700. The Bertz CT molecular complexity index is 284. The molecule has 0 saturated carbocycles. The molecule has 0 spiro atoms. The number of nitrogens with zero attached hydrogens (tertiary/aromatic N) is 2. The van der Waals surface area contributed by atoms with Crippen LogP contribution in [0.5, 0.6) is 0 Å². The molecule has 0 aliphatic carbocycles. The Kier molecular flexibility index (Phi) is 5.08. The molecule has 2 rings (SSSR count). The molecule has 1 N–H and O–H groups in total. The van der Waals surface area contributed by atoms with Crippen LogP contribution >= 0.6 is 12.4 Å². The summed E-state index contributed by atoms with van der Waals surface area (Å²) in [6.07, 6.45) is 4.77. The highest BCUT2D eigenvalue weighted by Gasteiger charge is 2.14. The normalized spacial score (nSPS) is 20.2. The Hall–Kier alpha value is -0.580. The van der Waals surface area contributed by atoms with Crippen LogP contribution in [0.15, 0.2) is 12.3 Å². The molecule has 2 heterocycles. The molecule has 0 aromatic carbocycles. The standard InChI is InChI=1S/C10H17N3O.ClH/c1-13-5-4-9(12-13)7-11-8-10-3-2-6-14-10;/h4-5,10-11H,2-3,6-8H2,1H3;1H. The summed E-state index contributed by atoms with van der Waals surface area (Å²) >= 11 is 0. The second kappa shape index (κ2) is 6.10. The van der Waals surface area contributed by atoms with Crippen LogP contribution in [-0.4, -0.2) is 29.0 Å². The molecule has 1 aromatic heterocycles. The predicted molar refractivity (Wildman–Crippen MR) is 61.1 cm³/mol. The second-order valence-corrected chi connectivity index (χ2v) is 3.75. The van der Waals surface area contributed by atoms with Crippen LogP contribution in [0.25, 0.3) is 0 Å². The smallest absolute Gasteiger partial charge is 0.0762 e. The number of ether oxygens (including phenoxy) is 1. The van der Waals surface area contributed by atoms with E-state index in [1.807, 2.05) is 24.0 Å². The minimum Gasteiger partial charge on any atom is -0.377 e. The molecule has 1 fully saturated rings. The Morgan fingerprint density at radius 2 is 2.53 bits per heavy atom. The first kappa shape index (κ1) is 12.5. The van der Waals surface area contributed by atoms with Crippen molar-refractivity contribution < 1.29 is 4.74 Å². The van der Waals surface area contributed by atoms with Gasteiger partial charge in [0.15, 0.2) is 0 Å². The molecule has 1 aromatic rings. The van der Waals surface area contributed by atoms with Gasteiger partial charge in [0.2, 0.25) is 0 Å². The van der Waals surface area contributed by atoms with Gasteiger partial charge in [-0.1, -0.05) is 0 Å². The van der Waals surface area contributed by atoms with Crippen molar-refractivity contribution in [1.82, 2.24) is 15.1 Å². The number of aryl methyl sites for hydroxylation is 1. The van der Waals surface area contributed by atoms with Gasteiger partial charge in [0.05, 0.1) is 11.8 Å². The minimum absolute atomic E-state index is 0. The van der Waals surface area contributed by atoms with E-state index in [9.17, 15) is 0 Å². The molecular weight excluding hydrogens is 214 g/mol. The highest BCUT2D eigenvalue weighted by Crippen LogP contribution is 2.10. The molecule has 0 radical (unpaired) electrons. The third-order valence-electron chi connectivity index (χ3n) is 2.47. The molecular formula is C10H18ClN3O. The van der Waals surface area contributed by atoms with Crippen LogP contribution in [0.1, 0.15) is 18.5 Å². The zero-order chi connectivity index (χ0) is 9.80. The molecule has 1 saturated heterocycles. The summed E-state index contributed by atoms with van der Waals surface area (Å²) in [5.74, 6) is 0. The monoisotopic (exact) mass is 231 g/mol. The number of aromatic nitrogens is 2. The van der Waals surface area contributed by atoms with Crippen LogP contribution in [0.2, 0.25) is 0 Å². The number of halogens is 1. The Morgan fingerprint density at radius 3 is 3.13 bits per heavy atom. The van der Waals surface area contributed by atoms with Crippen LogP contribution in [0, 0.1) is 0 Å². The van der Waals surface area contributed by atoms with Crippen molar-refractivity contribution in [2.75, 3.05) is 13.2 Å². The third-order valence-corrected chi connectivity index (χ3v) is 2.47. The van der Waals surface area contributed by atoms with Gasteiger partial charge in [-0.15, -0.1) is 12.4 Å². The average molecular weight is 232 g/mol. The Morgan fingerprint density at radius 1 is 1.67 bits per heavy atom. The maximum atomic E-state index is 5.51. The molecule has 15 heavy (non-hydrogen) atoms. The molecule has 86 valence electrons. The summed E-state index contributed by atoms with van der Waals surface area (Å²) < 4.78 is 7.33. The van der Waals surface area contributed by atoms with Gasteiger partial charge in [0.25, 0.3) is 0 Å². The topological polar surface area (TPSA) is 39.1 Å². The maximum absolute atomic E-state index is 5.51. The lowest BCUT2D eigenvalue weighted by Gasteiger charge is -2.09. The Balaban J connectivity index is 0.00000112. The van der Waals surface area contributed by atoms with Gasteiger partial charge in [-0.2, -0.15) is 5.10 Å². The van der Waals surface area contributed by atoms with Crippen molar-refractivity contribution in [2.24, 2.45) is 7.05 Å². The molecule has 1 aliphatic heterocycles. The van der Waals surface area contributed by atoms with E-state index >= 15 is 0 Å². The van der Waals surface area contributed by atoms with E-state index in [1.165, 1.54) is 12.8 Å². The van der Waals surface area contributed by atoms with E-state index in [0.29, 0.717) is 6.10 Å². The van der Waals surface area contributed by atoms with Crippen molar-refractivity contribution in [2.45, 2.75) is 25.5 Å². The minimum atomic E-state index is 0. The summed E-state index contributed by atoms with van der Waals surface area (Å²) in [6, 6.07) is 2.03. The van der Waals surface area contributed by atoms with Gasteiger partial charge in [-0.25, -0.2) is 0 Å². The first-order valence-corrected chi connectivity index (χ1v) is 5.15. The van der Waals surface area contributed by atoms with Crippen molar-refractivity contribution >= 4 is 12.4 Å². The lowest BCUT2D eigenvalue weighted by molar-refractivity contribution is 0.110. The molecule has 4 nitrogen and oxygen atoms in total. The second-order valence-electron chi connectivity index (χ2n) is 3.75. The first-order valence-electron chi connectivity index (χ1n) is 5.15. The third kappa shape index (κ3) is 3.81. The number of rotatable bonds is 4. The molecule has 1 unspecified atom stereocenters. The van der Waals surface area contributed by atoms with E-state index in [4.69, 9.17) is 4.74 Å². The summed E-state index contributed by atoms with van der Waals surface area (Å²) in [7, 11) is 1.93. The van der Waals surface area contributed by atoms with Gasteiger partial charge < -0.3 is 10.1 Å². The molecule has 5 heteroatoms. The first-order chi connectivity index (χ1) is 6.84. The van der Waals surface area contributed by atoms with Crippen molar-refractivity contribution in [3.63, 3.8) is 0 Å². The summed E-state index contributed by atoms with van der Waals surface area (Å²) in [6.45, 7) is 2.70. The van der Waals surface area contributed by atoms with E-state index in [-0.39, 0.29) is 12.4 Å². The van der Waals surface area contributed by atoms with Gasteiger partial charge in [-0.3, -0.25) is 4.68 Å². The maximum Gasteiger partial charge on any atom is 0.0762 e. The van der Waals surface area contributed by atoms with Crippen LogP contribution < -0.4 is 5.32 Å². The van der Waals surface area contributed by atoms with E-state index in [0.717, 1.165) is 25.4 Å². The number of hydrogen-bond donors (Lipinski definition) is 1. The largest absolute Gasteiger partial charge is 0.377 e. The number of hydrogen-bond acceptors (Lipinski definition) is 3. The van der Waals surface area contributed by atoms with Gasteiger partial charge in [-0.05, 0) is 18.9 Å². The molecule has 1 aliphatic rings. The average Bonchev–Trinajstić information content (AvgIpc) is 2.77. The predicted octanol–water partition coefficient (Wildman–Crippen LogP) is 1.11. The van der Waals surface area contributed by atoms with Gasteiger partial charge in [0, 0.05) is 32.9 Å². The summed E-state index contributed by atoms with van der Waals surface area (Å²) in [5.41, 5.74) is 1.09. The zero-order valence-corrected chi connectivity index (χ0v) is 9.80. The van der Waals surface area contributed by atoms with Crippen LogP contribution in [0.3, 0.4) is 0 Å². The molecule has 0 bridgehead atoms. The van der Waals surface area contributed by atoms with Crippen molar-refractivity contribution in [3.8, 4) is 0 Å². The SMILES string of the molecule is Cl.Cn1ccc(CNCC2CCCO2)n1.